The molecule has 0 amide bonds. The third-order valence-electron chi connectivity index (χ3n) is 4.64. The smallest absolute Gasteiger partial charge is 0.120 e. The molecule has 2 saturated heterocycles. The number of nitrogens with zero attached hydrogens (tertiary/aromatic N) is 1. The van der Waals surface area contributed by atoms with E-state index in [1.54, 1.807) is 12.1 Å². The molecule has 4 nitrogen and oxygen atoms in total. The van der Waals surface area contributed by atoms with Crippen LogP contribution >= 0.6 is 0 Å². The van der Waals surface area contributed by atoms with Gasteiger partial charge in [0.05, 0.1) is 0 Å². The van der Waals surface area contributed by atoms with E-state index in [9.17, 15) is 10.2 Å². The zero-order valence-corrected chi connectivity index (χ0v) is 11.3. The van der Waals surface area contributed by atoms with E-state index in [1.807, 2.05) is 0 Å². The number of hydrogen-bond donors (Lipinski definition) is 3. The molecule has 104 valence electrons. The maximum atomic E-state index is 9.97. The van der Waals surface area contributed by atoms with Crippen LogP contribution in [0.2, 0.25) is 0 Å². The second-order valence-corrected chi connectivity index (χ2v) is 5.84. The molecular formula is C15H22N2O2. The van der Waals surface area contributed by atoms with Gasteiger partial charge in [0, 0.05) is 30.7 Å². The van der Waals surface area contributed by atoms with Gasteiger partial charge in [-0.25, -0.2) is 0 Å². The SMILES string of the molecule is CC(c1cc(O)ccc1O)N1CC2CCCNC2C1. The molecule has 0 bridgehead atoms. The van der Waals surface area contributed by atoms with Crippen LogP contribution in [0.4, 0.5) is 0 Å². The molecule has 2 fully saturated rings. The minimum absolute atomic E-state index is 0.138. The highest BCUT2D eigenvalue weighted by molar-refractivity contribution is 5.40. The number of aromatic hydroxyl groups is 2. The molecule has 1 aromatic rings. The van der Waals surface area contributed by atoms with Crippen molar-refractivity contribution in [3.05, 3.63) is 23.8 Å². The highest BCUT2D eigenvalue weighted by Crippen LogP contribution is 2.35. The van der Waals surface area contributed by atoms with Gasteiger partial charge in [-0.1, -0.05) is 0 Å². The van der Waals surface area contributed by atoms with Gasteiger partial charge >= 0.3 is 0 Å². The molecule has 2 aliphatic rings. The Hall–Kier alpha value is -1.26. The number of rotatable bonds is 2. The van der Waals surface area contributed by atoms with Crippen LogP contribution in [0.25, 0.3) is 0 Å². The first kappa shape index (κ1) is 12.8. The molecule has 3 atom stereocenters. The summed E-state index contributed by atoms with van der Waals surface area (Å²) in [7, 11) is 0. The van der Waals surface area contributed by atoms with Crippen molar-refractivity contribution >= 4 is 0 Å². The number of nitrogens with one attached hydrogen (secondary N) is 1. The van der Waals surface area contributed by atoms with Crippen molar-refractivity contribution in [2.75, 3.05) is 19.6 Å². The van der Waals surface area contributed by atoms with Gasteiger partial charge in [-0.3, -0.25) is 4.90 Å². The quantitative estimate of drug-likeness (QED) is 0.712. The van der Waals surface area contributed by atoms with E-state index in [0.29, 0.717) is 6.04 Å². The molecule has 4 heteroatoms. The minimum atomic E-state index is 0.138. The van der Waals surface area contributed by atoms with Crippen molar-refractivity contribution in [1.29, 1.82) is 0 Å². The van der Waals surface area contributed by atoms with Crippen LogP contribution in [-0.4, -0.2) is 40.8 Å². The monoisotopic (exact) mass is 262 g/mol. The third kappa shape index (κ3) is 2.42. The Labute approximate surface area is 114 Å². The number of phenols is 2. The van der Waals surface area contributed by atoms with Crippen molar-refractivity contribution < 1.29 is 10.2 Å². The van der Waals surface area contributed by atoms with Crippen LogP contribution in [0.15, 0.2) is 18.2 Å². The second kappa shape index (κ2) is 5.02. The normalized spacial score (nSPS) is 29.1. The van der Waals surface area contributed by atoms with E-state index < -0.39 is 0 Å². The van der Waals surface area contributed by atoms with Crippen molar-refractivity contribution in [3.8, 4) is 11.5 Å². The van der Waals surface area contributed by atoms with Crippen LogP contribution in [0.5, 0.6) is 11.5 Å². The third-order valence-corrected chi connectivity index (χ3v) is 4.64. The summed E-state index contributed by atoms with van der Waals surface area (Å²) >= 11 is 0. The maximum absolute atomic E-state index is 9.97. The number of fused-ring (bicyclic) bond motifs is 1. The van der Waals surface area contributed by atoms with Crippen LogP contribution in [-0.2, 0) is 0 Å². The zero-order valence-electron chi connectivity index (χ0n) is 11.3. The molecule has 2 heterocycles. The Morgan fingerprint density at radius 3 is 2.95 bits per heavy atom. The first-order valence-corrected chi connectivity index (χ1v) is 7.14. The Kier molecular flexibility index (Phi) is 3.37. The molecule has 3 unspecified atom stereocenters. The molecule has 3 N–H and O–H groups in total. The lowest BCUT2D eigenvalue weighted by molar-refractivity contribution is 0.245. The summed E-state index contributed by atoms with van der Waals surface area (Å²) < 4.78 is 0. The molecule has 19 heavy (non-hydrogen) atoms. The van der Waals surface area contributed by atoms with E-state index in [4.69, 9.17) is 0 Å². The van der Waals surface area contributed by atoms with Gasteiger partial charge in [0.15, 0.2) is 0 Å². The van der Waals surface area contributed by atoms with Gasteiger partial charge in [0.1, 0.15) is 11.5 Å². The molecule has 2 aliphatic heterocycles. The number of benzene rings is 1. The fourth-order valence-electron chi connectivity index (χ4n) is 3.47. The summed E-state index contributed by atoms with van der Waals surface area (Å²) in [4.78, 5) is 2.40. The predicted octanol–water partition coefficient (Wildman–Crippen LogP) is 1.84. The first-order valence-electron chi connectivity index (χ1n) is 7.14. The fraction of sp³-hybridized carbons (Fsp3) is 0.600. The minimum Gasteiger partial charge on any atom is -0.508 e. The van der Waals surface area contributed by atoms with E-state index in [1.165, 1.54) is 18.9 Å². The van der Waals surface area contributed by atoms with Crippen molar-refractivity contribution in [2.24, 2.45) is 5.92 Å². The summed E-state index contributed by atoms with van der Waals surface area (Å²) in [6.07, 6.45) is 2.56. The van der Waals surface area contributed by atoms with Gasteiger partial charge < -0.3 is 15.5 Å². The molecule has 0 aliphatic carbocycles. The average molecular weight is 262 g/mol. The van der Waals surface area contributed by atoms with Gasteiger partial charge in [-0.2, -0.15) is 0 Å². The molecule has 0 spiro atoms. The standard InChI is InChI=1S/C15H22N2O2/c1-10(13-7-12(18)4-5-15(13)19)17-8-11-3-2-6-16-14(11)9-17/h4-5,7,10-11,14,16,18-19H,2-3,6,8-9H2,1H3. The van der Waals surface area contributed by atoms with Crippen LogP contribution in [0, 0.1) is 5.92 Å². The molecule has 0 radical (unpaired) electrons. The van der Waals surface area contributed by atoms with Gasteiger partial charge in [-0.15, -0.1) is 0 Å². The van der Waals surface area contributed by atoms with Crippen LogP contribution < -0.4 is 5.32 Å². The van der Waals surface area contributed by atoms with E-state index >= 15 is 0 Å². The highest BCUT2D eigenvalue weighted by Gasteiger charge is 2.36. The summed E-state index contributed by atoms with van der Waals surface area (Å²) in [5.74, 6) is 1.22. The number of piperidine rings is 1. The number of hydrogen-bond acceptors (Lipinski definition) is 4. The largest absolute Gasteiger partial charge is 0.508 e. The van der Waals surface area contributed by atoms with Gasteiger partial charge in [0.25, 0.3) is 0 Å². The molecular weight excluding hydrogens is 240 g/mol. The maximum Gasteiger partial charge on any atom is 0.120 e. The Balaban J connectivity index is 1.77. The summed E-state index contributed by atoms with van der Waals surface area (Å²) in [6, 6.07) is 5.50. The topological polar surface area (TPSA) is 55.7 Å². The molecule has 0 saturated carbocycles. The highest BCUT2D eigenvalue weighted by atomic mass is 16.3. The van der Waals surface area contributed by atoms with Crippen molar-refractivity contribution in [2.45, 2.75) is 31.8 Å². The Morgan fingerprint density at radius 2 is 2.16 bits per heavy atom. The average Bonchev–Trinajstić information content (AvgIpc) is 2.84. The predicted molar refractivity (Wildman–Crippen MR) is 74.3 cm³/mol. The number of phenolic OH excluding ortho intramolecular Hbond substituents is 2. The zero-order chi connectivity index (χ0) is 13.4. The second-order valence-electron chi connectivity index (χ2n) is 5.84. The summed E-state index contributed by atoms with van der Waals surface area (Å²) in [6.45, 7) is 5.33. The van der Waals surface area contributed by atoms with Crippen LogP contribution in [0.3, 0.4) is 0 Å². The fourth-order valence-corrected chi connectivity index (χ4v) is 3.47. The lowest BCUT2D eigenvalue weighted by atomic mass is 9.94. The van der Waals surface area contributed by atoms with Gasteiger partial charge in [-0.05, 0) is 50.4 Å². The first-order chi connectivity index (χ1) is 9.15. The van der Waals surface area contributed by atoms with Crippen LogP contribution in [0.1, 0.15) is 31.4 Å². The van der Waals surface area contributed by atoms with E-state index in [0.717, 1.165) is 31.1 Å². The molecule has 0 aromatic heterocycles. The molecule has 1 aromatic carbocycles. The molecule has 3 rings (SSSR count). The Morgan fingerprint density at radius 1 is 1.32 bits per heavy atom. The van der Waals surface area contributed by atoms with Crippen molar-refractivity contribution in [3.63, 3.8) is 0 Å². The number of likely N-dealkylation sites (tertiary alicyclic amines) is 1. The lowest BCUT2D eigenvalue weighted by Gasteiger charge is -2.25. The van der Waals surface area contributed by atoms with E-state index in [2.05, 4.69) is 17.1 Å². The van der Waals surface area contributed by atoms with Crippen molar-refractivity contribution in [1.82, 2.24) is 10.2 Å². The summed E-state index contributed by atoms with van der Waals surface area (Å²) in [5.41, 5.74) is 0.818. The Bertz CT molecular complexity index is 449. The van der Waals surface area contributed by atoms with Gasteiger partial charge in [0.2, 0.25) is 0 Å². The lowest BCUT2D eigenvalue weighted by Crippen LogP contribution is -2.40. The summed E-state index contributed by atoms with van der Waals surface area (Å²) in [5, 5.41) is 23.2. The van der Waals surface area contributed by atoms with E-state index in [-0.39, 0.29) is 17.5 Å².